The van der Waals surface area contributed by atoms with Gasteiger partial charge in [-0.25, -0.2) is 9.78 Å². The fourth-order valence-corrected chi connectivity index (χ4v) is 4.35. The average molecular weight is 494 g/mol. The molecule has 1 fully saturated rings. The molecule has 1 heterocycles. The van der Waals surface area contributed by atoms with Crippen molar-refractivity contribution < 1.29 is 29.4 Å². The Balaban J connectivity index is 1.59. The third kappa shape index (κ3) is 6.26. The first-order valence-corrected chi connectivity index (χ1v) is 11.8. The van der Waals surface area contributed by atoms with E-state index in [4.69, 9.17) is 19.5 Å². The number of hydrogen-bond acceptors (Lipinski definition) is 8. The first-order valence-electron chi connectivity index (χ1n) is 11.8. The standard InChI is InChI=1S/C26H27N3O7/c1-17(26(30)31)28-35-25(19-8-3-2-4-9-19)22-14-13-21(15-24(22)36-29(32)33)34-16-20-12-11-18-7-5-6-10-23(18)27-20/h5-7,10-15,19,25H,2-4,8-9,16H2,1H3,(H,30,31)/b28-17-. The van der Waals surface area contributed by atoms with Crippen LogP contribution in [0.5, 0.6) is 11.5 Å². The van der Waals surface area contributed by atoms with Gasteiger partial charge in [-0.05, 0) is 44.0 Å². The van der Waals surface area contributed by atoms with E-state index in [-0.39, 0.29) is 24.0 Å². The normalized spacial score (nSPS) is 15.3. The van der Waals surface area contributed by atoms with Crippen LogP contribution >= 0.6 is 0 Å². The Hall–Kier alpha value is -4.21. The second-order valence-electron chi connectivity index (χ2n) is 8.70. The Morgan fingerprint density at radius 3 is 2.69 bits per heavy atom. The van der Waals surface area contributed by atoms with Crippen molar-refractivity contribution in [3.05, 3.63) is 76.0 Å². The molecule has 4 rings (SSSR count). The predicted molar refractivity (Wildman–Crippen MR) is 131 cm³/mol. The van der Waals surface area contributed by atoms with Crippen LogP contribution < -0.4 is 9.57 Å². The van der Waals surface area contributed by atoms with E-state index in [0.717, 1.165) is 43.0 Å². The number of ether oxygens (including phenoxy) is 1. The van der Waals surface area contributed by atoms with Gasteiger partial charge in [-0.15, -0.1) is 10.1 Å². The maximum Gasteiger partial charge on any atom is 0.353 e. The molecule has 0 radical (unpaired) electrons. The molecule has 1 aliphatic carbocycles. The van der Waals surface area contributed by atoms with Gasteiger partial charge in [0.1, 0.15) is 18.1 Å². The number of fused-ring (bicyclic) bond motifs is 1. The lowest BCUT2D eigenvalue weighted by molar-refractivity contribution is -0.711. The zero-order valence-electron chi connectivity index (χ0n) is 19.8. The van der Waals surface area contributed by atoms with Crippen molar-refractivity contribution >= 4 is 22.6 Å². The van der Waals surface area contributed by atoms with Crippen molar-refractivity contribution in [1.82, 2.24) is 4.98 Å². The molecule has 1 aromatic heterocycles. The molecule has 1 atom stereocenters. The Bertz CT molecular complexity index is 1270. The van der Waals surface area contributed by atoms with Crippen LogP contribution in [0.2, 0.25) is 0 Å². The molecule has 3 aromatic rings. The van der Waals surface area contributed by atoms with Crippen LogP contribution in [0.1, 0.15) is 56.4 Å². The molecule has 1 N–H and O–H groups in total. The number of benzene rings is 2. The number of rotatable bonds is 10. The topological polar surface area (TPSA) is 133 Å². The van der Waals surface area contributed by atoms with Crippen LogP contribution in [0.15, 0.2) is 59.8 Å². The molecule has 0 saturated heterocycles. The maximum atomic E-state index is 11.3. The van der Waals surface area contributed by atoms with Gasteiger partial charge in [0.05, 0.1) is 11.2 Å². The first-order chi connectivity index (χ1) is 17.4. The van der Waals surface area contributed by atoms with E-state index >= 15 is 0 Å². The minimum atomic E-state index is -1.20. The van der Waals surface area contributed by atoms with Gasteiger partial charge >= 0.3 is 5.97 Å². The quantitative estimate of drug-likeness (QED) is 0.223. The summed E-state index contributed by atoms with van der Waals surface area (Å²) in [5.74, 6) is -0.877. The Morgan fingerprint density at radius 1 is 1.17 bits per heavy atom. The first kappa shape index (κ1) is 24.9. The highest BCUT2D eigenvalue weighted by molar-refractivity contribution is 6.34. The molecular formula is C26H27N3O7. The highest BCUT2D eigenvalue weighted by atomic mass is 17.0. The van der Waals surface area contributed by atoms with Crippen LogP contribution in [0.3, 0.4) is 0 Å². The van der Waals surface area contributed by atoms with Crippen LogP contribution in [0, 0.1) is 16.0 Å². The van der Waals surface area contributed by atoms with E-state index in [0.29, 0.717) is 17.0 Å². The number of hydrogen-bond donors (Lipinski definition) is 1. The van der Waals surface area contributed by atoms with Gasteiger partial charge in [0, 0.05) is 22.9 Å². The van der Waals surface area contributed by atoms with Gasteiger partial charge in [-0.1, -0.05) is 48.7 Å². The minimum Gasteiger partial charge on any atom is -0.487 e. The van der Waals surface area contributed by atoms with Crippen LogP contribution in [0.25, 0.3) is 10.9 Å². The van der Waals surface area contributed by atoms with Crippen molar-refractivity contribution in [2.24, 2.45) is 11.1 Å². The molecule has 0 aliphatic heterocycles. The van der Waals surface area contributed by atoms with Crippen molar-refractivity contribution in [2.45, 2.75) is 51.7 Å². The van der Waals surface area contributed by atoms with Crippen LogP contribution in [0.4, 0.5) is 0 Å². The number of carbonyl (C=O) groups is 1. The molecule has 10 heteroatoms. The summed E-state index contributed by atoms with van der Waals surface area (Å²) in [7, 11) is 0. The van der Waals surface area contributed by atoms with Crippen molar-refractivity contribution in [2.75, 3.05) is 0 Å². The van der Waals surface area contributed by atoms with Crippen LogP contribution in [-0.2, 0) is 16.2 Å². The number of pyridine rings is 1. The molecule has 0 spiro atoms. The lowest BCUT2D eigenvalue weighted by atomic mass is 9.82. The second kappa shape index (κ2) is 11.5. The summed E-state index contributed by atoms with van der Waals surface area (Å²) < 4.78 is 5.86. The lowest BCUT2D eigenvalue weighted by Crippen LogP contribution is -2.20. The van der Waals surface area contributed by atoms with E-state index in [1.54, 1.807) is 12.1 Å². The minimum absolute atomic E-state index is 0.00627. The van der Waals surface area contributed by atoms with Gasteiger partial charge in [-0.3, -0.25) is 4.84 Å². The van der Waals surface area contributed by atoms with E-state index in [1.165, 1.54) is 13.0 Å². The van der Waals surface area contributed by atoms with E-state index < -0.39 is 17.2 Å². The Morgan fingerprint density at radius 2 is 1.94 bits per heavy atom. The highest BCUT2D eigenvalue weighted by Crippen LogP contribution is 2.42. The van der Waals surface area contributed by atoms with E-state index in [1.807, 2.05) is 36.4 Å². The third-order valence-corrected chi connectivity index (χ3v) is 6.20. The highest BCUT2D eigenvalue weighted by Gasteiger charge is 2.30. The number of carboxylic acids is 1. The Kier molecular flexibility index (Phi) is 7.94. The summed E-state index contributed by atoms with van der Waals surface area (Å²) in [6.07, 6.45) is 4.01. The molecule has 0 amide bonds. The summed E-state index contributed by atoms with van der Waals surface area (Å²) >= 11 is 0. The molecule has 2 aromatic carbocycles. The van der Waals surface area contributed by atoms with Crippen LogP contribution in [-0.4, -0.2) is 26.9 Å². The number of aliphatic carboxylic acids is 1. The smallest absolute Gasteiger partial charge is 0.353 e. The number of aromatic nitrogens is 1. The predicted octanol–water partition coefficient (Wildman–Crippen LogP) is 5.48. The zero-order chi connectivity index (χ0) is 25.5. The lowest BCUT2D eigenvalue weighted by Gasteiger charge is -2.29. The number of carboxylic acid groups (broad SMARTS) is 1. The van der Waals surface area contributed by atoms with E-state index in [2.05, 4.69) is 10.1 Å². The number of nitrogens with zero attached hydrogens (tertiary/aromatic N) is 3. The largest absolute Gasteiger partial charge is 0.487 e. The number of oxime groups is 1. The van der Waals surface area contributed by atoms with Gasteiger partial charge in [-0.2, -0.15) is 0 Å². The summed E-state index contributed by atoms with van der Waals surface area (Å²) in [5, 5.41) is 24.3. The fourth-order valence-electron chi connectivity index (χ4n) is 4.35. The van der Waals surface area contributed by atoms with Crippen molar-refractivity contribution in [3.8, 4) is 11.5 Å². The number of para-hydroxylation sites is 1. The summed E-state index contributed by atoms with van der Waals surface area (Å²) in [6.45, 7) is 1.49. The van der Waals surface area contributed by atoms with Crippen molar-refractivity contribution in [3.63, 3.8) is 0 Å². The molecule has 1 saturated carbocycles. The Labute approximate surface area is 207 Å². The molecule has 188 valence electrons. The van der Waals surface area contributed by atoms with Crippen molar-refractivity contribution in [1.29, 1.82) is 0 Å². The monoisotopic (exact) mass is 493 g/mol. The summed E-state index contributed by atoms with van der Waals surface area (Å²) in [6, 6.07) is 16.3. The molecule has 1 aliphatic rings. The molecule has 36 heavy (non-hydrogen) atoms. The zero-order valence-corrected chi connectivity index (χ0v) is 19.8. The molecule has 0 bridgehead atoms. The SMILES string of the molecule is C/C(=N/OC(c1ccc(OCc2ccc3ccccc3n2)cc1O[N+](=O)[O-])C1CCCCC1)C(=O)O. The average Bonchev–Trinajstić information content (AvgIpc) is 2.88. The van der Waals surface area contributed by atoms with Gasteiger partial charge in [0.2, 0.25) is 0 Å². The fraction of sp³-hybridized carbons (Fsp3) is 0.346. The summed E-state index contributed by atoms with van der Waals surface area (Å²) in [5.41, 5.74) is 1.75. The second-order valence-corrected chi connectivity index (χ2v) is 8.70. The molecule has 1 unspecified atom stereocenters. The van der Waals surface area contributed by atoms with Gasteiger partial charge < -0.3 is 14.7 Å². The molecule has 10 nitrogen and oxygen atoms in total. The third-order valence-electron chi connectivity index (χ3n) is 6.20. The van der Waals surface area contributed by atoms with Gasteiger partial charge in [0.15, 0.2) is 11.8 Å². The van der Waals surface area contributed by atoms with Gasteiger partial charge in [0.25, 0.3) is 5.09 Å². The molecular weight excluding hydrogens is 466 g/mol. The van der Waals surface area contributed by atoms with E-state index in [9.17, 15) is 14.9 Å². The summed E-state index contributed by atoms with van der Waals surface area (Å²) in [4.78, 5) is 37.6. The maximum absolute atomic E-state index is 11.3.